The van der Waals surface area contributed by atoms with Gasteiger partial charge in [0.15, 0.2) is 0 Å². The first-order valence-corrected chi connectivity index (χ1v) is 8.48. The van der Waals surface area contributed by atoms with Gasteiger partial charge in [0.1, 0.15) is 5.75 Å². The van der Waals surface area contributed by atoms with E-state index in [0.29, 0.717) is 5.56 Å². The summed E-state index contributed by atoms with van der Waals surface area (Å²) in [5, 5.41) is 0. The largest absolute Gasteiger partial charge is 0.490 e. The molecule has 0 aliphatic carbocycles. The Morgan fingerprint density at radius 1 is 1.22 bits per heavy atom. The molecule has 27 heavy (non-hydrogen) atoms. The minimum absolute atomic E-state index is 0.0518. The Balaban J connectivity index is 1.92. The van der Waals surface area contributed by atoms with Crippen molar-refractivity contribution in [1.29, 1.82) is 0 Å². The van der Waals surface area contributed by atoms with Gasteiger partial charge in [-0.3, -0.25) is 14.6 Å². The number of rotatable bonds is 4. The molecule has 0 unspecified atom stereocenters. The molecule has 0 bridgehead atoms. The minimum Gasteiger partial charge on any atom is -0.490 e. The average Bonchev–Trinajstić information content (AvgIpc) is 2.60. The maximum absolute atomic E-state index is 15.0. The third-order valence-corrected chi connectivity index (χ3v) is 4.25. The van der Waals surface area contributed by atoms with Gasteiger partial charge in [0.25, 0.3) is 11.5 Å². The van der Waals surface area contributed by atoms with Gasteiger partial charge in [-0.1, -0.05) is 12.1 Å². The molecule has 7 nitrogen and oxygen atoms in total. The summed E-state index contributed by atoms with van der Waals surface area (Å²) in [6.07, 6.45) is -0.261. The fraction of sp³-hybridized carbons (Fsp3) is 0.389. The van der Waals surface area contributed by atoms with Crippen molar-refractivity contribution in [2.24, 2.45) is 0 Å². The molecule has 144 valence electrons. The van der Waals surface area contributed by atoms with Crippen LogP contribution in [0.2, 0.25) is 0 Å². The van der Waals surface area contributed by atoms with E-state index in [1.165, 1.54) is 12.1 Å². The second kappa shape index (κ2) is 6.98. The Bertz CT molecular complexity index is 981. The third kappa shape index (κ3) is 3.62. The zero-order valence-corrected chi connectivity index (χ0v) is 14.8. The molecule has 2 N–H and O–H groups in total. The van der Waals surface area contributed by atoms with Crippen LogP contribution in [0.4, 0.5) is 8.78 Å². The summed E-state index contributed by atoms with van der Waals surface area (Å²) in [5.41, 5.74) is -1.36. The molecule has 9 heteroatoms. The van der Waals surface area contributed by atoms with Gasteiger partial charge < -0.3 is 14.6 Å². The molecule has 1 aliphatic rings. The minimum atomic E-state index is -3.81. The first-order valence-electron chi connectivity index (χ1n) is 8.48. The molecule has 0 saturated carbocycles. The van der Waals surface area contributed by atoms with Crippen LogP contribution in [0.25, 0.3) is 0 Å². The number of ether oxygens (including phenoxy) is 1. The van der Waals surface area contributed by atoms with E-state index in [4.69, 9.17) is 4.74 Å². The van der Waals surface area contributed by atoms with Gasteiger partial charge >= 0.3 is 11.6 Å². The summed E-state index contributed by atoms with van der Waals surface area (Å²) >= 11 is 0. The van der Waals surface area contributed by atoms with Crippen molar-refractivity contribution in [1.82, 2.24) is 14.9 Å². The SMILES string of the molecule is CC(C)Oc1ccccc1C(F)(F)C(=O)N1CCc2c([nH]c(=O)[nH]c2=O)C1. The van der Waals surface area contributed by atoms with Crippen LogP contribution in [-0.2, 0) is 23.7 Å². The predicted octanol–water partition coefficient (Wildman–Crippen LogP) is 1.53. The molecule has 1 aromatic heterocycles. The van der Waals surface area contributed by atoms with Crippen molar-refractivity contribution in [2.75, 3.05) is 6.54 Å². The summed E-state index contributed by atoms with van der Waals surface area (Å²) in [7, 11) is 0. The quantitative estimate of drug-likeness (QED) is 0.842. The molecule has 0 saturated heterocycles. The number of amides is 1. The number of nitrogens with one attached hydrogen (secondary N) is 2. The van der Waals surface area contributed by atoms with Crippen molar-refractivity contribution < 1.29 is 18.3 Å². The highest BCUT2D eigenvalue weighted by atomic mass is 19.3. The first kappa shape index (κ1) is 18.8. The standard InChI is InChI=1S/C18H19F2N3O4/c1-10(2)27-14-6-4-3-5-12(14)18(19,20)16(25)23-8-7-11-13(9-23)21-17(26)22-15(11)24/h3-6,10H,7-9H2,1-2H3,(H2,21,22,24,26). The molecular formula is C18H19F2N3O4. The van der Waals surface area contributed by atoms with Crippen LogP contribution in [0.5, 0.6) is 5.75 Å². The van der Waals surface area contributed by atoms with E-state index in [9.17, 15) is 23.2 Å². The lowest BCUT2D eigenvalue weighted by molar-refractivity contribution is -0.160. The Morgan fingerprint density at radius 3 is 2.63 bits per heavy atom. The van der Waals surface area contributed by atoms with Crippen LogP contribution in [0.15, 0.2) is 33.9 Å². The lowest BCUT2D eigenvalue weighted by Gasteiger charge is -2.31. The van der Waals surface area contributed by atoms with Crippen LogP contribution in [0, 0.1) is 0 Å². The lowest BCUT2D eigenvalue weighted by Crippen LogP contribution is -2.46. The summed E-state index contributed by atoms with van der Waals surface area (Å²) in [6.45, 7) is 3.08. The van der Waals surface area contributed by atoms with Crippen molar-refractivity contribution in [3.8, 4) is 5.75 Å². The van der Waals surface area contributed by atoms with E-state index in [1.54, 1.807) is 19.9 Å². The van der Waals surface area contributed by atoms with Crippen molar-refractivity contribution in [2.45, 2.75) is 38.8 Å². The van der Waals surface area contributed by atoms with E-state index < -0.39 is 28.6 Å². The number of hydrogen-bond donors (Lipinski definition) is 2. The van der Waals surface area contributed by atoms with E-state index in [1.807, 2.05) is 0 Å². The third-order valence-electron chi connectivity index (χ3n) is 4.25. The van der Waals surface area contributed by atoms with E-state index in [2.05, 4.69) is 9.97 Å². The van der Waals surface area contributed by atoms with Gasteiger partial charge in [-0.05, 0) is 32.4 Å². The fourth-order valence-corrected chi connectivity index (χ4v) is 3.05. The number of benzene rings is 1. The highest BCUT2D eigenvalue weighted by molar-refractivity contribution is 5.85. The van der Waals surface area contributed by atoms with E-state index >= 15 is 0 Å². The van der Waals surface area contributed by atoms with Crippen molar-refractivity contribution in [3.63, 3.8) is 0 Å². The van der Waals surface area contributed by atoms with Gasteiger partial charge in [0.05, 0.1) is 18.2 Å². The molecule has 1 aromatic carbocycles. The van der Waals surface area contributed by atoms with E-state index in [-0.39, 0.29) is 37.1 Å². The lowest BCUT2D eigenvalue weighted by atomic mass is 10.0. The molecule has 0 spiro atoms. The average molecular weight is 379 g/mol. The number of aromatic amines is 2. The second-order valence-corrected chi connectivity index (χ2v) is 6.58. The Hall–Kier alpha value is -2.97. The molecule has 0 fully saturated rings. The molecule has 0 atom stereocenters. The number of alkyl halides is 2. The van der Waals surface area contributed by atoms with Crippen LogP contribution >= 0.6 is 0 Å². The topological polar surface area (TPSA) is 95.3 Å². The molecule has 1 aliphatic heterocycles. The van der Waals surface area contributed by atoms with Gasteiger partial charge in [-0.25, -0.2) is 4.79 Å². The van der Waals surface area contributed by atoms with Crippen LogP contribution in [0.3, 0.4) is 0 Å². The number of nitrogens with zero attached hydrogens (tertiary/aromatic N) is 1. The summed E-state index contributed by atoms with van der Waals surface area (Å²) in [4.78, 5) is 41.2. The Kier molecular flexibility index (Phi) is 4.86. The van der Waals surface area contributed by atoms with Crippen LogP contribution in [0.1, 0.15) is 30.7 Å². The number of fused-ring (bicyclic) bond motifs is 1. The molecule has 1 amide bonds. The highest BCUT2D eigenvalue weighted by Crippen LogP contribution is 2.37. The molecule has 3 rings (SSSR count). The van der Waals surface area contributed by atoms with Crippen molar-refractivity contribution >= 4 is 5.91 Å². The number of carbonyl (C=O) groups is 1. The van der Waals surface area contributed by atoms with Gasteiger partial charge in [0.2, 0.25) is 0 Å². The fourth-order valence-electron chi connectivity index (χ4n) is 3.05. The molecular weight excluding hydrogens is 360 g/mol. The predicted molar refractivity (Wildman–Crippen MR) is 92.9 cm³/mol. The normalized spacial score (nSPS) is 14.2. The van der Waals surface area contributed by atoms with Crippen molar-refractivity contribution in [3.05, 3.63) is 61.9 Å². The number of para-hydroxylation sites is 1. The molecule has 2 aromatic rings. The summed E-state index contributed by atoms with van der Waals surface area (Å²) in [5.74, 6) is -5.29. The first-order chi connectivity index (χ1) is 12.7. The smallest absolute Gasteiger partial charge is 0.353 e. The van der Waals surface area contributed by atoms with Crippen LogP contribution in [-0.4, -0.2) is 33.4 Å². The maximum atomic E-state index is 15.0. The summed E-state index contributed by atoms with van der Waals surface area (Å²) < 4.78 is 35.4. The zero-order valence-electron chi connectivity index (χ0n) is 14.8. The maximum Gasteiger partial charge on any atom is 0.353 e. The van der Waals surface area contributed by atoms with Crippen LogP contribution < -0.4 is 16.0 Å². The number of carbonyl (C=O) groups excluding carboxylic acids is 1. The van der Waals surface area contributed by atoms with Gasteiger partial charge in [0, 0.05) is 17.8 Å². The molecule has 2 heterocycles. The molecule has 0 radical (unpaired) electrons. The van der Waals surface area contributed by atoms with Gasteiger partial charge in [-0.15, -0.1) is 0 Å². The Labute approximate surface area is 153 Å². The second-order valence-electron chi connectivity index (χ2n) is 6.58. The van der Waals surface area contributed by atoms with E-state index in [0.717, 1.165) is 11.0 Å². The summed E-state index contributed by atoms with van der Waals surface area (Å²) in [6, 6.07) is 5.50. The number of aromatic nitrogens is 2. The number of H-pyrrole nitrogens is 2. The van der Waals surface area contributed by atoms with Gasteiger partial charge in [-0.2, -0.15) is 8.78 Å². The number of halogens is 2. The monoisotopic (exact) mass is 379 g/mol. The highest BCUT2D eigenvalue weighted by Gasteiger charge is 2.46. The zero-order chi connectivity index (χ0) is 19.8. The Morgan fingerprint density at radius 2 is 1.93 bits per heavy atom. The number of hydrogen-bond acceptors (Lipinski definition) is 4.